The number of hydrogen-bond acceptors (Lipinski definition) is 11. The highest BCUT2D eigenvalue weighted by Gasteiger charge is 2.20. The molecule has 1 amide bonds. The van der Waals surface area contributed by atoms with E-state index in [4.69, 9.17) is 24.5 Å². The standard InChI is InChI=1S/C28H26N6O5S/c1-15-7-5-9-17(11-15)26(35)30-18-10-6-8-16(12-18)25-33-27(39-34-25)23-24(29)32-28(40-23)31-19-13-20(36-2)22(38-4)21(14-19)37-3/h5-14H,29H2,1-4H3,(H,30,35)(H,31,32). The lowest BCUT2D eigenvalue weighted by Crippen LogP contribution is -2.11. The zero-order chi connectivity index (χ0) is 28.2. The molecule has 0 aliphatic carbocycles. The van der Waals surface area contributed by atoms with Crippen LogP contribution in [0, 0.1) is 6.92 Å². The van der Waals surface area contributed by atoms with Crippen LogP contribution in [0.3, 0.4) is 0 Å². The molecule has 0 radical (unpaired) electrons. The van der Waals surface area contributed by atoms with Crippen molar-refractivity contribution in [3.8, 4) is 39.4 Å². The van der Waals surface area contributed by atoms with Crippen molar-refractivity contribution in [2.45, 2.75) is 6.92 Å². The molecule has 11 nitrogen and oxygen atoms in total. The molecule has 0 aliphatic heterocycles. The summed E-state index contributed by atoms with van der Waals surface area (Å²) < 4.78 is 21.7. The number of anilines is 4. The number of hydrogen-bond donors (Lipinski definition) is 3. The number of aromatic nitrogens is 3. The zero-order valence-corrected chi connectivity index (χ0v) is 23.0. The smallest absolute Gasteiger partial charge is 0.272 e. The zero-order valence-electron chi connectivity index (χ0n) is 22.1. The number of ether oxygens (including phenoxy) is 3. The van der Waals surface area contributed by atoms with Gasteiger partial charge in [-0.25, -0.2) is 4.98 Å². The lowest BCUT2D eigenvalue weighted by Gasteiger charge is -2.14. The van der Waals surface area contributed by atoms with Gasteiger partial charge in [0.25, 0.3) is 11.8 Å². The van der Waals surface area contributed by atoms with Gasteiger partial charge in [-0.2, -0.15) is 4.98 Å². The molecule has 0 saturated carbocycles. The van der Waals surface area contributed by atoms with Crippen LogP contribution in [0.25, 0.3) is 22.2 Å². The summed E-state index contributed by atoms with van der Waals surface area (Å²) in [5.41, 5.74) is 9.69. The van der Waals surface area contributed by atoms with E-state index in [1.165, 1.54) is 18.4 Å². The van der Waals surface area contributed by atoms with Crippen molar-refractivity contribution >= 4 is 39.6 Å². The number of carbonyl (C=O) groups is 1. The van der Waals surface area contributed by atoms with Crippen LogP contribution in [0.15, 0.2) is 65.2 Å². The maximum absolute atomic E-state index is 12.7. The van der Waals surface area contributed by atoms with Gasteiger partial charge in [-0.05, 0) is 31.2 Å². The average molecular weight is 559 g/mol. The molecular formula is C28H26N6O5S. The van der Waals surface area contributed by atoms with Gasteiger partial charge in [-0.15, -0.1) is 0 Å². The number of nitrogens with two attached hydrogens (primary N) is 1. The monoisotopic (exact) mass is 558 g/mol. The second-order valence-electron chi connectivity index (χ2n) is 8.60. The van der Waals surface area contributed by atoms with Crippen molar-refractivity contribution in [3.63, 3.8) is 0 Å². The first kappa shape index (κ1) is 26.5. The number of thiazole rings is 1. The predicted molar refractivity (Wildman–Crippen MR) is 154 cm³/mol. The van der Waals surface area contributed by atoms with E-state index in [0.29, 0.717) is 55.6 Å². The van der Waals surface area contributed by atoms with Crippen LogP contribution in [0.1, 0.15) is 15.9 Å². The molecule has 5 rings (SSSR count). The SMILES string of the molecule is COc1cc(Nc2nc(N)c(-c3nc(-c4cccc(NC(=O)c5cccc(C)c5)c4)no3)s2)cc(OC)c1OC. The lowest BCUT2D eigenvalue weighted by molar-refractivity contribution is 0.102. The van der Waals surface area contributed by atoms with E-state index in [9.17, 15) is 4.79 Å². The number of carbonyl (C=O) groups excluding carboxylic acids is 1. The summed E-state index contributed by atoms with van der Waals surface area (Å²) in [7, 11) is 4.63. The summed E-state index contributed by atoms with van der Waals surface area (Å²) >= 11 is 1.25. The van der Waals surface area contributed by atoms with Crippen molar-refractivity contribution in [2.24, 2.45) is 0 Å². The summed E-state index contributed by atoms with van der Waals surface area (Å²) in [5.74, 6) is 2.05. The van der Waals surface area contributed by atoms with E-state index in [0.717, 1.165) is 5.56 Å². The molecule has 0 unspecified atom stereocenters. The summed E-state index contributed by atoms with van der Waals surface area (Å²) in [4.78, 5) is 22.1. The quantitative estimate of drug-likeness (QED) is 0.204. The van der Waals surface area contributed by atoms with Gasteiger partial charge in [-0.1, -0.05) is 46.3 Å². The molecule has 0 saturated heterocycles. The van der Waals surface area contributed by atoms with Crippen LogP contribution in [-0.2, 0) is 0 Å². The van der Waals surface area contributed by atoms with E-state index in [1.54, 1.807) is 50.6 Å². The molecule has 3 aromatic carbocycles. The Morgan fingerprint density at radius 2 is 1.68 bits per heavy atom. The van der Waals surface area contributed by atoms with Crippen LogP contribution in [0.4, 0.5) is 22.3 Å². The fourth-order valence-electron chi connectivity index (χ4n) is 3.97. The molecule has 0 fully saturated rings. The number of nitrogen functional groups attached to an aromatic ring is 1. The molecule has 0 bridgehead atoms. The molecule has 5 aromatic rings. The highest BCUT2D eigenvalue weighted by atomic mass is 32.1. The third-order valence-corrected chi connectivity index (χ3v) is 6.82. The van der Waals surface area contributed by atoms with Crippen LogP contribution in [0.2, 0.25) is 0 Å². The van der Waals surface area contributed by atoms with Gasteiger partial charge < -0.3 is 35.1 Å². The molecule has 40 heavy (non-hydrogen) atoms. The molecule has 204 valence electrons. The summed E-state index contributed by atoms with van der Waals surface area (Å²) in [6.45, 7) is 1.94. The highest BCUT2D eigenvalue weighted by Crippen LogP contribution is 2.42. The van der Waals surface area contributed by atoms with Crippen molar-refractivity contribution < 1.29 is 23.5 Å². The average Bonchev–Trinajstić information content (AvgIpc) is 3.59. The molecule has 2 heterocycles. The number of benzene rings is 3. The second-order valence-corrected chi connectivity index (χ2v) is 9.60. The Kier molecular flexibility index (Phi) is 7.51. The first-order chi connectivity index (χ1) is 19.4. The van der Waals surface area contributed by atoms with Gasteiger partial charge in [0.1, 0.15) is 10.7 Å². The predicted octanol–water partition coefficient (Wildman–Crippen LogP) is 5.77. The Bertz CT molecular complexity index is 1660. The maximum Gasteiger partial charge on any atom is 0.272 e. The Morgan fingerprint density at radius 1 is 0.925 bits per heavy atom. The molecule has 4 N–H and O–H groups in total. The van der Waals surface area contributed by atoms with E-state index < -0.39 is 0 Å². The summed E-state index contributed by atoms with van der Waals surface area (Å²) in [6, 6.07) is 18.1. The van der Waals surface area contributed by atoms with Gasteiger partial charge in [0.2, 0.25) is 11.6 Å². The van der Waals surface area contributed by atoms with Crippen LogP contribution in [-0.4, -0.2) is 42.4 Å². The summed E-state index contributed by atoms with van der Waals surface area (Å²) in [5, 5.41) is 10.7. The fraction of sp³-hybridized carbons (Fsp3) is 0.143. The number of nitrogens with zero attached hydrogens (tertiary/aromatic N) is 3. The van der Waals surface area contributed by atoms with E-state index >= 15 is 0 Å². The molecule has 12 heteroatoms. The number of aryl methyl sites for hydroxylation is 1. The number of nitrogens with one attached hydrogen (secondary N) is 2. The molecular weight excluding hydrogens is 532 g/mol. The first-order valence-corrected chi connectivity index (χ1v) is 12.9. The molecule has 0 spiro atoms. The van der Waals surface area contributed by atoms with Crippen molar-refractivity contribution in [2.75, 3.05) is 37.7 Å². The minimum atomic E-state index is -0.209. The minimum Gasteiger partial charge on any atom is -0.493 e. The molecule has 2 aromatic heterocycles. The Labute approximate surface area is 233 Å². The lowest BCUT2D eigenvalue weighted by atomic mass is 10.1. The third kappa shape index (κ3) is 5.52. The van der Waals surface area contributed by atoms with Gasteiger partial charge in [0, 0.05) is 34.6 Å². The van der Waals surface area contributed by atoms with E-state index in [1.807, 2.05) is 31.2 Å². The van der Waals surface area contributed by atoms with Gasteiger partial charge in [0.15, 0.2) is 16.6 Å². The van der Waals surface area contributed by atoms with Crippen molar-refractivity contribution in [1.82, 2.24) is 15.1 Å². The fourth-order valence-corrected chi connectivity index (χ4v) is 4.80. The molecule has 0 atom stereocenters. The highest BCUT2D eigenvalue weighted by molar-refractivity contribution is 7.19. The topological polar surface area (TPSA) is 147 Å². The number of rotatable bonds is 9. The van der Waals surface area contributed by atoms with Crippen LogP contribution in [0.5, 0.6) is 17.2 Å². The van der Waals surface area contributed by atoms with Crippen LogP contribution < -0.4 is 30.6 Å². The van der Waals surface area contributed by atoms with Gasteiger partial charge in [-0.3, -0.25) is 4.79 Å². The van der Waals surface area contributed by atoms with Crippen molar-refractivity contribution in [1.29, 1.82) is 0 Å². The normalized spacial score (nSPS) is 10.7. The van der Waals surface area contributed by atoms with E-state index in [2.05, 4.69) is 25.8 Å². The molecule has 0 aliphatic rings. The van der Waals surface area contributed by atoms with Crippen molar-refractivity contribution in [3.05, 3.63) is 71.8 Å². The Hall–Kier alpha value is -5.10. The Morgan fingerprint density at radius 3 is 2.38 bits per heavy atom. The maximum atomic E-state index is 12.7. The second kappa shape index (κ2) is 11.3. The summed E-state index contributed by atoms with van der Waals surface area (Å²) in [6.07, 6.45) is 0. The number of amides is 1. The van der Waals surface area contributed by atoms with Gasteiger partial charge in [0.05, 0.1) is 21.3 Å². The van der Waals surface area contributed by atoms with Crippen LogP contribution >= 0.6 is 11.3 Å². The third-order valence-electron chi connectivity index (χ3n) is 5.85. The van der Waals surface area contributed by atoms with E-state index in [-0.39, 0.29) is 17.6 Å². The number of methoxy groups -OCH3 is 3. The largest absolute Gasteiger partial charge is 0.493 e. The first-order valence-electron chi connectivity index (χ1n) is 12.0. The minimum absolute atomic E-state index is 0.209. The Balaban J connectivity index is 1.35. The van der Waals surface area contributed by atoms with Gasteiger partial charge >= 0.3 is 0 Å².